The standard InChI is InChI=1S/C17H20ClNS/c1-2-4-12-7-9-13(10-8-12)19-15-5-3-6-16-14(15)11-17(18)20-16/h7-11,15,19H,2-6H2,1H3. The third-order valence-electron chi connectivity index (χ3n) is 3.92. The molecule has 1 aromatic carbocycles. The van der Waals surface area contributed by atoms with Gasteiger partial charge in [-0.05, 0) is 55.0 Å². The van der Waals surface area contributed by atoms with Gasteiger partial charge in [0.1, 0.15) is 0 Å². The van der Waals surface area contributed by atoms with Crippen LogP contribution in [0.2, 0.25) is 4.34 Å². The van der Waals surface area contributed by atoms with Gasteiger partial charge in [-0.2, -0.15) is 0 Å². The van der Waals surface area contributed by atoms with Crippen LogP contribution in [0.5, 0.6) is 0 Å². The average Bonchev–Trinajstić information content (AvgIpc) is 2.83. The molecule has 106 valence electrons. The van der Waals surface area contributed by atoms with Gasteiger partial charge in [0.25, 0.3) is 0 Å². The van der Waals surface area contributed by atoms with Gasteiger partial charge in [0.15, 0.2) is 0 Å². The zero-order chi connectivity index (χ0) is 13.9. The zero-order valence-electron chi connectivity index (χ0n) is 11.8. The molecule has 0 saturated heterocycles. The summed E-state index contributed by atoms with van der Waals surface area (Å²) in [5.41, 5.74) is 4.04. The van der Waals surface area contributed by atoms with Crippen molar-refractivity contribution >= 4 is 28.6 Å². The molecule has 0 amide bonds. The molecule has 0 aliphatic heterocycles. The highest BCUT2D eigenvalue weighted by molar-refractivity contribution is 7.16. The monoisotopic (exact) mass is 305 g/mol. The highest BCUT2D eigenvalue weighted by Crippen LogP contribution is 2.39. The van der Waals surface area contributed by atoms with E-state index in [1.807, 2.05) is 0 Å². The predicted octanol–water partition coefficient (Wildman–Crippen LogP) is 5.84. The van der Waals surface area contributed by atoms with Crippen molar-refractivity contribution in [1.29, 1.82) is 0 Å². The van der Waals surface area contributed by atoms with Crippen LogP contribution >= 0.6 is 22.9 Å². The van der Waals surface area contributed by atoms with Gasteiger partial charge in [-0.3, -0.25) is 0 Å². The van der Waals surface area contributed by atoms with Crippen LogP contribution < -0.4 is 5.32 Å². The number of fused-ring (bicyclic) bond motifs is 1. The van der Waals surface area contributed by atoms with Crippen LogP contribution in [0.15, 0.2) is 30.3 Å². The third kappa shape index (κ3) is 3.02. The molecule has 1 heterocycles. The first-order valence-electron chi connectivity index (χ1n) is 7.40. The lowest BCUT2D eigenvalue weighted by atomic mass is 9.94. The predicted molar refractivity (Wildman–Crippen MR) is 89.1 cm³/mol. The lowest BCUT2D eigenvalue weighted by Gasteiger charge is -2.24. The minimum atomic E-state index is 0.416. The van der Waals surface area contributed by atoms with E-state index in [0.717, 1.165) is 10.8 Å². The second kappa shape index (κ2) is 6.19. The molecule has 1 aliphatic rings. The maximum absolute atomic E-state index is 6.17. The van der Waals surface area contributed by atoms with E-state index >= 15 is 0 Å². The van der Waals surface area contributed by atoms with E-state index < -0.39 is 0 Å². The van der Waals surface area contributed by atoms with Crippen molar-refractivity contribution in [3.63, 3.8) is 0 Å². The SMILES string of the molecule is CCCc1ccc(NC2CCCc3sc(Cl)cc32)cc1. The number of hydrogen-bond acceptors (Lipinski definition) is 2. The topological polar surface area (TPSA) is 12.0 Å². The number of hydrogen-bond donors (Lipinski definition) is 1. The normalized spacial score (nSPS) is 17.8. The number of halogens is 1. The molecule has 0 bridgehead atoms. The first-order chi connectivity index (χ1) is 9.76. The molecule has 1 atom stereocenters. The Morgan fingerprint density at radius 1 is 1.30 bits per heavy atom. The van der Waals surface area contributed by atoms with Crippen LogP contribution in [0.25, 0.3) is 0 Å². The van der Waals surface area contributed by atoms with E-state index in [2.05, 4.69) is 42.6 Å². The van der Waals surface area contributed by atoms with Crippen molar-refractivity contribution in [2.45, 2.75) is 45.1 Å². The van der Waals surface area contributed by atoms with Crippen LogP contribution in [0, 0.1) is 0 Å². The summed E-state index contributed by atoms with van der Waals surface area (Å²) in [5.74, 6) is 0. The van der Waals surface area contributed by atoms with Crippen molar-refractivity contribution in [2.75, 3.05) is 5.32 Å². The van der Waals surface area contributed by atoms with E-state index in [-0.39, 0.29) is 0 Å². The van der Waals surface area contributed by atoms with Gasteiger partial charge in [-0.15, -0.1) is 11.3 Å². The Balaban J connectivity index is 1.75. The summed E-state index contributed by atoms with van der Waals surface area (Å²) in [5, 5.41) is 3.67. The maximum Gasteiger partial charge on any atom is 0.0934 e. The Bertz CT molecular complexity index is 573. The van der Waals surface area contributed by atoms with Crippen molar-refractivity contribution in [3.8, 4) is 0 Å². The lowest BCUT2D eigenvalue weighted by molar-refractivity contribution is 0.609. The van der Waals surface area contributed by atoms with Crippen molar-refractivity contribution in [3.05, 3.63) is 50.7 Å². The van der Waals surface area contributed by atoms with E-state index in [4.69, 9.17) is 11.6 Å². The Hall–Kier alpha value is -0.990. The molecule has 0 spiro atoms. The van der Waals surface area contributed by atoms with Gasteiger partial charge in [0.05, 0.1) is 10.4 Å². The van der Waals surface area contributed by atoms with Gasteiger partial charge >= 0.3 is 0 Å². The first-order valence-corrected chi connectivity index (χ1v) is 8.59. The highest BCUT2D eigenvalue weighted by atomic mass is 35.5. The van der Waals surface area contributed by atoms with Crippen LogP contribution in [0.1, 0.15) is 48.2 Å². The zero-order valence-corrected chi connectivity index (χ0v) is 13.4. The summed E-state index contributed by atoms with van der Waals surface area (Å²) in [4.78, 5) is 1.46. The molecule has 0 saturated carbocycles. The fourth-order valence-corrected chi connectivity index (χ4v) is 4.31. The second-order valence-corrected chi connectivity index (χ2v) is 7.23. The number of aryl methyl sites for hydroxylation is 2. The minimum Gasteiger partial charge on any atom is -0.378 e. The van der Waals surface area contributed by atoms with Gasteiger partial charge < -0.3 is 5.32 Å². The number of anilines is 1. The molecule has 3 heteroatoms. The Morgan fingerprint density at radius 3 is 2.85 bits per heavy atom. The molecule has 20 heavy (non-hydrogen) atoms. The highest BCUT2D eigenvalue weighted by Gasteiger charge is 2.22. The van der Waals surface area contributed by atoms with Crippen molar-refractivity contribution in [1.82, 2.24) is 0 Å². The average molecular weight is 306 g/mol. The third-order valence-corrected chi connectivity index (χ3v) is 5.26. The number of nitrogens with one attached hydrogen (secondary N) is 1. The molecule has 2 aromatic rings. The maximum atomic E-state index is 6.17. The van der Waals surface area contributed by atoms with Crippen LogP contribution in [0.4, 0.5) is 5.69 Å². The van der Waals surface area contributed by atoms with Crippen LogP contribution in [-0.2, 0) is 12.8 Å². The number of benzene rings is 1. The molecule has 1 N–H and O–H groups in total. The fourth-order valence-electron chi connectivity index (χ4n) is 2.93. The molecule has 1 unspecified atom stereocenters. The molecule has 1 aromatic heterocycles. The summed E-state index contributed by atoms with van der Waals surface area (Å²) in [6.45, 7) is 2.22. The Kier molecular flexibility index (Phi) is 4.32. The Labute approximate surface area is 130 Å². The summed E-state index contributed by atoms with van der Waals surface area (Å²) in [7, 11) is 0. The molecular weight excluding hydrogens is 286 g/mol. The summed E-state index contributed by atoms with van der Waals surface area (Å²) < 4.78 is 0.919. The number of thiophene rings is 1. The Morgan fingerprint density at radius 2 is 2.10 bits per heavy atom. The van der Waals surface area contributed by atoms with Gasteiger partial charge in [0.2, 0.25) is 0 Å². The van der Waals surface area contributed by atoms with E-state index in [0.29, 0.717) is 6.04 Å². The van der Waals surface area contributed by atoms with E-state index in [1.54, 1.807) is 11.3 Å². The first kappa shape index (κ1) is 14.0. The molecule has 0 radical (unpaired) electrons. The molecule has 1 nitrogen and oxygen atoms in total. The van der Waals surface area contributed by atoms with Gasteiger partial charge in [-0.25, -0.2) is 0 Å². The summed E-state index contributed by atoms with van der Waals surface area (Å²) in [6.07, 6.45) is 5.98. The summed E-state index contributed by atoms with van der Waals surface area (Å²) >= 11 is 7.90. The molecule has 1 aliphatic carbocycles. The van der Waals surface area contributed by atoms with Crippen LogP contribution in [0.3, 0.4) is 0 Å². The molecule has 0 fully saturated rings. The smallest absolute Gasteiger partial charge is 0.0934 e. The molecule has 3 rings (SSSR count). The van der Waals surface area contributed by atoms with Crippen molar-refractivity contribution < 1.29 is 0 Å². The lowest BCUT2D eigenvalue weighted by Crippen LogP contribution is -2.15. The largest absolute Gasteiger partial charge is 0.378 e. The second-order valence-electron chi connectivity index (χ2n) is 5.47. The minimum absolute atomic E-state index is 0.416. The van der Waals surface area contributed by atoms with E-state index in [1.165, 1.54) is 47.4 Å². The quantitative estimate of drug-likeness (QED) is 0.748. The molecular formula is C17H20ClNS. The van der Waals surface area contributed by atoms with Gasteiger partial charge in [-0.1, -0.05) is 37.1 Å². The number of rotatable bonds is 4. The van der Waals surface area contributed by atoms with Gasteiger partial charge in [0, 0.05) is 10.6 Å². The van der Waals surface area contributed by atoms with Crippen LogP contribution in [-0.4, -0.2) is 0 Å². The fraction of sp³-hybridized carbons (Fsp3) is 0.412. The van der Waals surface area contributed by atoms with Crippen molar-refractivity contribution in [2.24, 2.45) is 0 Å². The summed E-state index contributed by atoms with van der Waals surface area (Å²) in [6, 6.07) is 11.4. The van der Waals surface area contributed by atoms with E-state index in [9.17, 15) is 0 Å².